The summed E-state index contributed by atoms with van der Waals surface area (Å²) < 4.78 is 37.2. The lowest BCUT2D eigenvalue weighted by molar-refractivity contribution is 0.196. The van der Waals surface area contributed by atoms with Crippen LogP contribution in [0, 0.1) is 16.4 Å². The smallest absolute Gasteiger partial charge is 0.285 e. The van der Waals surface area contributed by atoms with E-state index in [1.165, 1.54) is 47.3 Å². The highest BCUT2D eigenvalue weighted by molar-refractivity contribution is 7.71. The molecule has 15 heteroatoms. The molecule has 1 unspecified atom stereocenters. The topological polar surface area (TPSA) is 155 Å². The van der Waals surface area contributed by atoms with Crippen molar-refractivity contribution in [3.05, 3.63) is 87.2 Å². The summed E-state index contributed by atoms with van der Waals surface area (Å²) >= 11 is 5.47. The van der Waals surface area contributed by atoms with E-state index in [1.807, 2.05) is 0 Å². The molecule has 0 aliphatic heterocycles. The zero-order chi connectivity index (χ0) is 30.8. The van der Waals surface area contributed by atoms with E-state index in [4.69, 9.17) is 17.0 Å². The lowest BCUT2D eigenvalue weighted by Crippen LogP contribution is -2.33. The highest BCUT2D eigenvalue weighted by Gasteiger charge is 2.22. The van der Waals surface area contributed by atoms with Crippen LogP contribution in [-0.4, -0.2) is 52.4 Å². The second-order valence-corrected chi connectivity index (χ2v) is 10.3. The Kier molecular flexibility index (Phi) is 8.47. The van der Waals surface area contributed by atoms with Gasteiger partial charge in [0.15, 0.2) is 35.0 Å². The predicted molar refractivity (Wildman–Crippen MR) is 158 cm³/mol. The summed E-state index contributed by atoms with van der Waals surface area (Å²) in [5, 5.41) is 37.8. The largest absolute Gasteiger partial charge is 0.453 e. The molecule has 0 amide bonds. The first kappa shape index (κ1) is 29.8. The highest BCUT2D eigenvalue weighted by atomic mass is 32.1. The molecule has 43 heavy (non-hydrogen) atoms. The van der Waals surface area contributed by atoms with Gasteiger partial charge in [0.05, 0.1) is 12.3 Å². The number of anilines is 2. The zero-order valence-electron chi connectivity index (χ0n) is 23.2. The third-order valence-electron chi connectivity index (χ3n) is 6.39. The lowest BCUT2D eigenvalue weighted by atomic mass is 10.2. The minimum absolute atomic E-state index is 0.0575. The van der Waals surface area contributed by atoms with E-state index < -0.39 is 23.4 Å². The number of hydrogen-bond donors (Lipinski definition) is 5. The van der Waals surface area contributed by atoms with Gasteiger partial charge in [-0.3, -0.25) is 14.5 Å². The molecule has 0 fully saturated rings. The minimum Gasteiger partial charge on any atom is -0.453 e. The van der Waals surface area contributed by atoms with Gasteiger partial charge in [0, 0.05) is 36.1 Å². The number of halogens is 2. The maximum Gasteiger partial charge on any atom is 0.285 e. The van der Waals surface area contributed by atoms with Crippen LogP contribution < -0.4 is 20.9 Å². The Morgan fingerprint density at radius 3 is 2.49 bits per heavy atom. The van der Waals surface area contributed by atoms with Crippen LogP contribution >= 0.6 is 12.2 Å². The first-order chi connectivity index (χ1) is 20.6. The first-order valence-corrected chi connectivity index (χ1v) is 13.6. The molecule has 3 aromatic heterocycles. The number of nitrogens with zero attached hydrogens (tertiary/aromatic N) is 5. The van der Waals surface area contributed by atoms with Crippen molar-refractivity contribution in [1.29, 1.82) is 0 Å². The number of aromatic nitrogens is 6. The van der Waals surface area contributed by atoms with Crippen molar-refractivity contribution in [2.24, 2.45) is 0 Å². The van der Waals surface area contributed by atoms with Crippen molar-refractivity contribution in [2.75, 3.05) is 17.2 Å². The van der Waals surface area contributed by atoms with Crippen molar-refractivity contribution < 1.29 is 23.7 Å². The molecule has 0 saturated carbocycles. The third-order valence-corrected chi connectivity index (χ3v) is 6.76. The van der Waals surface area contributed by atoms with Crippen molar-refractivity contribution >= 4 is 34.8 Å². The number of rotatable bonds is 10. The number of aliphatic hydroxyl groups excluding tert-OH is 2. The molecule has 2 aromatic carbocycles. The fourth-order valence-corrected chi connectivity index (χ4v) is 4.68. The molecule has 12 nitrogen and oxygen atoms in total. The molecule has 0 aliphatic carbocycles. The average molecular weight is 611 g/mol. The Hall–Kier alpha value is -4.73. The number of ether oxygens (including phenoxy) is 1. The quantitative estimate of drug-likeness (QED) is 0.112. The van der Waals surface area contributed by atoms with Gasteiger partial charge in [-0.2, -0.15) is 10.2 Å². The molecule has 0 bridgehead atoms. The summed E-state index contributed by atoms with van der Waals surface area (Å²) in [5.41, 5.74) is -0.206. The number of fused-ring (bicyclic) bond motifs is 1. The molecule has 0 radical (unpaired) electrons. The SMILES string of the molecule is CC(C)n1nc(C(O)Nc2ccc(Oc3ccnc4[nH]nc(N[C@H](C)CO)c34)c(F)c2)c(=O)n(-c2ccc(F)cc2)c1=S. The number of aliphatic hydroxyl groups is 2. The molecule has 5 N–H and O–H groups in total. The second-order valence-electron chi connectivity index (χ2n) is 9.95. The maximum absolute atomic E-state index is 15.2. The van der Waals surface area contributed by atoms with Crippen LogP contribution in [0.4, 0.5) is 20.3 Å². The molecule has 5 aromatic rings. The van der Waals surface area contributed by atoms with Gasteiger partial charge >= 0.3 is 0 Å². The van der Waals surface area contributed by atoms with Crippen molar-refractivity contribution in [3.63, 3.8) is 0 Å². The number of aromatic amines is 1. The average Bonchev–Trinajstić information content (AvgIpc) is 3.38. The summed E-state index contributed by atoms with van der Waals surface area (Å²) in [6, 6.07) is 10.0. The van der Waals surface area contributed by atoms with Crippen LogP contribution in [0.5, 0.6) is 11.5 Å². The Labute approximate surface area is 248 Å². The summed E-state index contributed by atoms with van der Waals surface area (Å²) in [7, 11) is 0. The summed E-state index contributed by atoms with van der Waals surface area (Å²) in [6.07, 6.45) is -0.179. The number of nitrogens with one attached hydrogen (secondary N) is 3. The van der Waals surface area contributed by atoms with E-state index in [2.05, 4.69) is 30.9 Å². The molecule has 0 spiro atoms. The number of hydrogen-bond acceptors (Lipinski definition) is 10. The van der Waals surface area contributed by atoms with Gasteiger partial charge < -0.3 is 25.6 Å². The van der Waals surface area contributed by atoms with Crippen LogP contribution in [0.1, 0.15) is 38.7 Å². The van der Waals surface area contributed by atoms with Crippen LogP contribution in [0.2, 0.25) is 0 Å². The molecule has 5 rings (SSSR count). The molecule has 2 atom stereocenters. The zero-order valence-corrected chi connectivity index (χ0v) is 24.1. The van der Waals surface area contributed by atoms with Gasteiger partial charge in [0.2, 0.25) is 4.77 Å². The van der Waals surface area contributed by atoms with Crippen LogP contribution in [0.25, 0.3) is 16.7 Å². The Balaban J connectivity index is 1.43. The predicted octanol–water partition coefficient (Wildman–Crippen LogP) is 4.58. The summed E-state index contributed by atoms with van der Waals surface area (Å²) in [4.78, 5) is 17.6. The van der Waals surface area contributed by atoms with Gasteiger partial charge in [-0.15, -0.1) is 0 Å². The van der Waals surface area contributed by atoms with Crippen LogP contribution in [0.3, 0.4) is 0 Å². The standard InChI is InChI=1S/C28H28F2N8O4S/c1-14(2)38-28(43)37(18-7-4-16(29)5-8-18)27(41)23(36-38)26(40)33-17-6-9-20(19(30)12-17)42-21-10-11-31-24-22(21)25(35-34-24)32-15(3)13-39/h4-12,14-15,26,33,39-40H,13H2,1-3H3,(H2,31,32,34,35)/t15-,26?/m1/s1. The van der Waals surface area contributed by atoms with Gasteiger partial charge in [0.1, 0.15) is 17.0 Å². The fraction of sp³-hybridized carbons (Fsp3) is 0.250. The van der Waals surface area contributed by atoms with E-state index in [-0.39, 0.29) is 46.3 Å². The maximum atomic E-state index is 15.2. The van der Waals surface area contributed by atoms with Crippen molar-refractivity contribution in [3.8, 4) is 17.2 Å². The number of H-pyrrole nitrogens is 1. The lowest BCUT2D eigenvalue weighted by Gasteiger charge is -2.19. The Morgan fingerprint density at radius 1 is 1.07 bits per heavy atom. The molecule has 3 heterocycles. The van der Waals surface area contributed by atoms with Crippen LogP contribution in [0.15, 0.2) is 59.5 Å². The third kappa shape index (κ3) is 6.09. The molecular weight excluding hydrogens is 582 g/mol. The van der Waals surface area contributed by atoms with Crippen molar-refractivity contribution in [2.45, 2.75) is 39.1 Å². The van der Waals surface area contributed by atoms with E-state index in [0.29, 0.717) is 22.5 Å². The molecule has 224 valence electrons. The Bertz CT molecular complexity index is 1890. The molecule has 0 aliphatic rings. The van der Waals surface area contributed by atoms with E-state index in [0.717, 1.165) is 10.6 Å². The summed E-state index contributed by atoms with van der Waals surface area (Å²) in [5.74, 6) is -0.738. The highest BCUT2D eigenvalue weighted by Crippen LogP contribution is 2.35. The number of pyridine rings is 1. The molecule has 0 saturated heterocycles. The van der Waals surface area contributed by atoms with Gasteiger partial charge in [-0.05, 0) is 69.4 Å². The fourth-order valence-electron chi connectivity index (χ4n) is 4.24. The van der Waals surface area contributed by atoms with E-state index >= 15 is 4.39 Å². The van der Waals surface area contributed by atoms with Gasteiger partial charge in [-0.25, -0.2) is 18.4 Å². The van der Waals surface area contributed by atoms with E-state index in [1.54, 1.807) is 26.8 Å². The normalized spacial score (nSPS) is 12.8. The van der Waals surface area contributed by atoms with Gasteiger partial charge in [-0.1, -0.05) is 0 Å². The Morgan fingerprint density at radius 2 is 1.81 bits per heavy atom. The molecular formula is C28H28F2N8O4S. The second kappa shape index (κ2) is 12.2. The number of benzene rings is 2. The monoisotopic (exact) mass is 610 g/mol. The minimum atomic E-state index is -1.65. The van der Waals surface area contributed by atoms with E-state index in [9.17, 15) is 19.4 Å². The van der Waals surface area contributed by atoms with Gasteiger partial charge in [0.25, 0.3) is 5.56 Å². The first-order valence-electron chi connectivity index (χ1n) is 13.2. The van der Waals surface area contributed by atoms with Crippen LogP contribution in [-0.2, 0) is 0 Å². The van der Waals surface area contributed by atoms with Crippen molar-refractivity contribution in [1.82, 2.24) is 29.5 Å². The summed E-state index contributed by atoms with van der Waals surface area (Å²) in [6.45, 7) is 5.22.